The number of hydrogen-bond acceptors (Lipinski definition) is 3. The molecule has 4 nitrogen and oxygen atoms in total. The molecule has 1 saturated heterocycles. The number of carbonyl (C=O) groups is 1. The van der Waals surface area contributed by atoms with E-state index in [-0.39, 0.29) is 43.1 Å². The van der Waals surface area contributed by atoms with Crippen molar-refractivity contribution in [1.82, 2.24) is 10.6 Å². The average Bonchev–Trinajstić information content (AvgIpc) is 2.93. The molecule has 0 aliphatic carbocycles. The van der Waals surface area contributed by atoms with E-state index in [1.54, 1.807) is 12.1 Å². The number of ether oxygens (including phenoxy) is 1. The van der Waals surface area contributed by atoms with Crippen molar-refractivity contribution in [3.8, 4) is 5.75 Å². The lowest BCUT2D eigenvalue weighted by atomic mass is 10.1. The number of carbonyl (C=O) groups excluding carboxylic acids is 1. The van der Waals surface area contributed by atoms with E-state index in [9.17, 15) is 18.0 Å². The molecule has 1 aromatic rings. The molecule has 0 aromatic heterocycles. The summed E-state index contributed by atoms with van der Waals surface area (Å²) in [6, 6.07) is 5.75. The van der Waals surface area contributed by atoms with Crippen LogP contribution in [-0.4, -0.2) is 31.4 Å². The van der Waals surface area contributed by atoms with Gasteiger partial charge in [0.1, 0.15) is 5.75 Å². The molecule has 0 saturated carbocycles. The van der Waals surface area contributed by atoms with Gasteiger partial charge in [0.2, 0.25) is 5.91 Å². The van der Waals surface area contributed by atoms with Gasteiger partial charge in [0, 0.05) is 6.54 Å². The quantitative estimate of drug-likeness (QED) is 0.867. The molecule has 0 radical (unpaired) electrons. The van der Waals surface area contributed by atoms with E-state index in [2.05, 4.69) is 15.4 Å². The van der Waals surface area contributed by atoms with E-state index in [4.69, 9.17) is 0 Å². The van der Waals surface area contributed by atoms with Crippen molar-refractivity contribution in [3.05, 3.63) is 29.8 Å². The zero-order chi connectivity index (χ0) is 15.3. The Morgan fingerprint density at radius 2 is 2.09 bits per heavy atom. The minimum Gasteiger partial charge on any atom is -0.406 e. The van der Waals surface area contributed by atoms with Crippen molar-refractivity contribution in [2.45, 2.75) is 31.7 Å². The van der Waals surface area contributed by atoms with Crippen LogP contribution in [0, 0.1) is 0 Å². The fourth-order valence-corrected chi connectivity index (χ4v) is 2.29. The highest BCUT2D eigenvalue weighted by Crippen LogP contribution is 2.26. The molecule has 1 amide bonds. The van der Waals surface area contributed by atoms with Gasteiger partial charge in [-0.05, 0) is 37.4 Å². The summed E-state index contributed by atoms with van der Waals surface area (Å²) in [7, 11) is 0. The predicted molar refractivity (Wildman–Crippen MR) is 78.1 cm³/mol. The van der Waals surface area contributed by atoms with Crippen molar-refractivity contribution >= 4 is 18.3 Å². The van der Waals surface area contributed by atoms with E-state index in [1.165, 1.54) is 12.1 Å². The van der Waals surface area contributed by atoms with Crippen molar-refractivity contribution in [2.75, 3.05) is 13.1 Å². The summed E-state index contributed by atoms with van der Waals surface area (Å²) < 4.78 is 40.8. The molecule has 124 valence electrons. The third kappa shape index (κ3) is 5.73. The van der Waals surface area contributed by atoms with E-state index in [0.717, 1.165) is 19.4 Å². The molecule has 1 aromatic carbocycles. The van der Waals surface area contributed by atoms with Crippen LogP contribution in [0.15, 0.2) is 24.3 Å². The summed E-state index contributed by atoms with van der Waals surface area (Å²) in [4.78, 5) is 11.8. The molecular formula is C14H18ClF3N2O2. The molecule has 1 aliphatic heterocycles. The lowest BCUT2D eigenvalue weighted by Crippen LogP contribution is -2.41. The minimum atomic E-state index is -4.72. The smallest absolute Gasteiger partial charge is 0.406 e. The summed E-state index contributed by atoms with van der Waals surface area (Å²) in [5.74, 6) is -0.333. The second kappa shape index (κ2) is 8.24. The SMILES string of the molecule is Cl.O=C(NCCc1ccccc1OC(F)(F)F)C1CCCN1. The van der Waals surface area contributed by atoms with Crippen LogP contribution in [0.1, 0.15) is 18.4 Å². The number of amides is 1. The molecule has 1 fully saturated rings. The molecule has 2 rings (SSSR count). The van der Waals surface area contributed by atoms with Gasteiger partial charge in [0.25, 0.3) is 0 Å². The highest BCUT2D eigenvalue weighted by atomic mass is 35.5. The Kier molecular flexibility index (Phi) is 6.96. The number of benzene rings is 1. The van der Waals surface area contributed by atoms with Crippen molar-refractivity contribution in [2.24, 2.45) is 0 Å². The average molecular weight is 339 g/mol. The second-order valence-corrected chi connectivity index (χ2v) is 4.85. The van der Waals surface area contributed by atoms with Crippen LogP contribution in [0.25, 0.3) is 0 Å². The largest absolute Gasteiger partial charge is 0.573 e. The third-order valence-corrected chi connectivity index (χ3v) is 3.27. The van der Waals surface area contributed by atoms with Crippen molar-refractivity contribution < 1.29 is 22.7 Å². The van der Waals surface area contributed by atoms with Gasteiger partial charge in [-0.25, -0.2) is 0 Å². The highest BCUT2D eigenvalue weighted by Gasteiger charge is 2.31. The van der Waals surface area contributed by atoms with E-state index >= 15 is 0 Å². The number of halogens is 4. The lowest BCUT2D eigenvalue weighted by Gasteiger charge is -2.14. The van der Waals surface area contributed by atoms with Crippen LogP contribution in [-0.2, 0) is 11.2 Å². The first-order chi connectivity index (χ1) is 9.96. The van der Waals surface area contributed by atoms with Gasteiger partial charge in [-0.2, -0.15) is 0 Å². The standard InChI is InChI=1S/C14H17F3N2O2.ClH/c15-14(16,17)21-12-6-2-1-4-10(12)7-9-19-13(20)11-5-3-8-18-11;/h1-2,4,6,11,18H,3,5,7-9H2,(H,19,20);1H. The summed E-state index contributed by atoms with van der Waals surface area (Å²) in [5.41, 5.74) is 0.412. The van der Waals surface area contributed by atoms with Crippen LogP contribution in [0.5, 0.6) is 5.75 Å². The number of para-hydroxylation sites is 1. The van der Waals surface area contributed by atoms with Crippen LogP contribution in [0.2, 0.25) is 0 Å². The molecule has 2 N–H and O–H groups in total. The van der Waals surface area contributed by atoms with Crippen LogP contribution in [0.4, 0.5) is 13.2 Å². The maximum Gasteiger partial charge on any atom is 0.573 e. The van der Waals surface area contributed by atoms with Gasteiger partial charge in [0.05, 0.1) is 6.04 Å². The first kappa shape index (κ1) is 18.6. The highest BCUT2D eigenvalue weighted by molar-refractivity contribution is 5.85. The predicted octanol–water partition coefficient (Wildman–Crippen LogP) is 2.42. The van der Waals surface area contributed by atoms with Crippen molar-refractivity contribution in [1.29, 1.82) is 0 Å². The Balaban J connectivity index is 0.00000242. The maximum atomic E-state index is 12.3. The number of nitrogens with one attached hydrogen (secondary N) is 2. The Hall–Kier alpha value is -1.47. The molecule has 0 spiro atoms. The van der Waals surface area contributed by atoms with Gasteiger partial charge >= 0.3 is 6.36 Å². The van der Waals surface area contributed by atoms with Gasteiger partial charge < -0.3 is 15.4 Å². The van der Waals surface area contributed by atoms with E-state index in [0.29, 0.717) is 5.56 Å². The van der Waals surface area contributed by atoms with Gasteiger partial charge in [-0.1, -0.05) is 18.2 Å². The molecule has 22 heavy (non-hydrogen) atoms. The molecule has 8 heteroatoms. The Bertz CT molecular complexity index is 491. The van der Waals surface area contributed by atoms with Crippen LogP contribution < -0.4 is 15.4 Å². The summed E-state index contributed by atoms with van der Waals surface area (Å²) in [6.45, 7) is 1.09. The zero-order valence-electron chi connectivity index (χ0n) is 11.8. The number of hydrogen-bond donors (Lipinski definition) is 2. The molecule has 0 bridgehead atoms. The molecular weight excluding hydrogens is 321 g/mol. The third-order valence-electron chi connectivity index (χ3n) is 3.27. The lowest BCUT2D eigenvalue weighted by molar-refractivity contribution is -0.274. The first-order valence-electron chi connectivity index (χ1n) is 6.80. The Morgan fingerprint density at radius 3 is 2.73 bits per heavy atom. The Labute approximate surface area is 132 Å². The summed E-state index contributed by atoms with van der Waals surface area (Å²) in [5, 5.41) is 5.79. The fourth-order valence-electron chi connectivity index (χ4n) is 2.29. The van der Waals surface area contributed by atoms with Crippen molar-refractivity contribution in [3.63, 3.8) is 0 Å². The van der Waals surface area contributed by atoms with E-state index in [1.807, 2.05) is 0 Å². The van der Waals surface area contributed by atoms with Gasteiger partial charge in [-0.3, -0.25) is 4.79 Å². The topological polar surface area (TPSA) is 50.4 Å². The fraction of sp³-hybridized carbons (Fsp3) is 0.500. The molecule has 1 atom stereocenters. The molecule has 1 unspecified atom stereocenters. The molecule has 1 heterocycles. The Morgan fingerprint density at radius 1 is 1.36 bits per heavy atom. The zero-order valence-corrected chi connectivity index (χ0v) is 12.6. The summed E-state index contributed by atoms with van der Waals surface area (Å²) in [6.07, 6.45) is -2.68. The minimum absolute atomic E-state index is 0. The number of rotatable bonds is 5. The van der Waals surface area contributed by atoms with Crippen LogP contribution >= 0.6 is 12.4 Å². The van der Waals surface area contributed by atoms with E-state index < -0.39 is 6.36 Å². The normalized spacial score (nSPS) is 17.7. The monoisotopic (exact) mass is 338 g/mol. The maximum absolute atomic E-state index is 12.3. The number of alkyl halides is 3. The van der Waals surface area contributed by atoms with Crippen LogP contribution in [0.3, 0.4) is 0 Å². The second-order valence-electron chi connectivity index (χ2n) is 4.85. The van der Waals surface area contributed by atoms with Gasteiger partial charge in [0.15, 0.2) is 0 Å². The molecule has 1 aliphatic rings. The summed E-state index contributed by atoms with van der Waals surface area (Å²) >= 11 is 0. The first-order valence-corrected chi connectivity index (χ1v) is 6.80. The van der Waals surface area contributed by atoms with Gasteiger partial charge in [-0.15, -0.1) is 25.6 Å².